The molecule has 0 amide bonds. The highest BCUT2D eigenvalue weighted by Gasteiger charge is 2.14. The summed E-state index contributed by atoms with van der Waals surface area (Å²) in [6.07, 6.45) is 5.74. The minimum Gasteiger partial charge on any atom is -0.323 e. The number of nitrogens with zero attached hydrogens (tertiary/aromatic N) is 2. The maximum absolute atomic E-state index is 6.29. The lowest BCUT2D eigenvalue weighted by Crippen LogP contribution is -2.16. The summed E-state index contributed by atoms with van der Waals surface area (Å²) in [7, 11) is 0. The molecular formula is C16H23N3. The molecule has 1 atom stereocenters. The van der Waals surface area contributed by atoms with Gasteiger partial charge in [0.05, 0.1) is 18.2 Å². The molecule has 3 nitrogen and oxygen atoms in total. The summed E-state index contributed by atoms with van der Waals surface area (Å²) in [6.45, 7) is 6.55. The average Bonchev–Trinajstić information content (AvgIpc) is 2.87. The van der Waals surface area contributed by atoms with Crippen molar-refractivity contribution in [1.82, 2.24) is 9.55 Å². The van der Waals surface area contributed by atoms with Crippen molar-refractivity contribution in [2.45, 2.75) is 39.7 Å². The fourth-order valence-electron chi connectivity index (χ4n) is 2.35. The van der Waals surface area contributed by atoms with Crippen LogP contribution < -0.4 is 5.73 Å². The van der Waals surface area contributed by atoms with Crippen LogP contribution in [0.3, 0.4) is 0 Å². The van der Waals surface area contributed by atoms with Gasteiger partial charge in [0.25, 0.3) is 0 Å². The molecule has 2 rings (SSSR count). The van der Waals surface area contributed by atoms with Crippen molar-refractivity contribution in [1.29, 1.82) is 0 Å². The third-order valence-electron chi connectivity index (χ3n) is 3.37. The van der Waals surface area contributed by atoms with E-state index < -0.39 is 0 Å². The molecule has 1 unspecified atom stereocenters. The largest absolute Gasteiger partial charge is 0.323 e. The molecule has 0 fully saturated rings. The van der Waals surface area contributed by atoms with Crippen molar-refractivity contribution in [3.05, 3.63) is 48.0 Å². The first-order valence-electron chi connectivity index (χ1n) is 6.99. The van der Waals surface area contributed by atoms with Crippen molar-refractivity contribution in [3.8, 4) is 5.69 Å². The van der Waals surface area contributed by atoms with Crippen LogP contribution in [0.2, 0.25) is 0 Å². The van der Waals surface area contributed by atoms with E-state index in [2.05, 4.69) is 54.6 Å². The molecule has 1 heterocycles. The van der Waals surface area contributed by atoms with Crippen molar-refractivity contribution < 1.29 is 0 Å². The summed E-state index contributed by atoms with van der Waals surface area (Å²) >= 11 is 0. The normalized spacial score (nSPS) is 12.9. The van der Waals surface area contributed by atoms with E-state index in [0.29, 0.717) is 5.92 Å². The van der Waals surface area contributed by atoms with Crippen LogP contribution >= 0.6 is 0 Å². The second-order valence-corrected chi connectivity index (χ2v) is 5.45. The Hall–Kier alpha value is -1.61. The quantitative estimate of drug-likeness (QED) is 0.891. The van der Waals surface area contributed by atoms with Gasteiger partial charge in [-0.3, -0.25) is 0 Å². The third kappa shape index (κ3) is 3.24. The maximum atomic E-state index is 6.29. The summed E-state index contributed by atoms with van der Waals surface area (Å²) in [5, 5.41) is 0. The van der Waals surface area contributed by atoms with Crippen molar-refractivity contribution >= 4 is 0 Å². The lowest BCUT2D eigenvalue weighted by molar-refractivity contribution is 0.498. The zero-order valence-corrected chi connectivity index (χ0v) is 12.0. The van der Waals surface area contributed by atoms with Crippen molar-refractivity contribution in [2.75, 3.05) is 0 Å². The Morgan fingerprint density at radius 2 is 2.11 bits per heavy atom. The Balaban J connectivity index is 2.32. The number of benzene rings is 1. The SMILES string of the molecule is CCc1cccc(-n2cncc2C(N)CC(C)C)c1. The molecule has 2 N–H and O–H groups in total. The van der Waals surface area contributed by atoms with Crippen LogP contribution in [0.5, 0.6) is 0 Å². The van der Waals surface area contributed by atoms with Crippen LogP contribution in [0, 0.1) is 5.92 Å². The Kier molecular flexibility index (Phi) is 4.38. The molecule has 0 aliphatic heterocycles. The van der Waals surface area contributed by atoms with Gasteiger partial charge in [-0.15, -0.1) is 0 Å². The van der Waals surface area contributed by atoms with Gasteiger partial charge in [-0.05, 0) is 36.5 Å². The molecule has 0 radical (unpaired) electrons. The summed E-state index contributed by atoms with van der Waals surface area (Å²) in [5.74, 6) is 0.584. The van der Waals surface area contributed by atoms with Gasteiger partial charge in [0.2, 0.25) is 0 Å². The number of imidazole rings is 1. The number of nitrogens with two attached hydrogens (primary N) is 1. The number of hydrogen-bond donors (Lipinski definition) is 1. The second kappa shape index (κ2) is 6.02. The highest BCUT2D eigenvalue weighted by molar-refractivity contribution is 5.38. The predicted molar refractivity (Wildman–Crippen MR) is 79.3 cm³/mol. The molecule has 3 heteroatoms. The number of hydrogen-bond acceptors (Lipinski definition) is 2. The van der Waals surface area contributed by atoms with E-state index in [1.54, 1.807) is 0 Å². The summed E-state index contributed by atoms with van der Waals surface area (Å²) in [6, 6.07) is 8.58. The molecule has 0 bridgehead atoms. The summed E-state index contributed by atoms with van der Waals surface area (Å²) in [5.41, 5.74) is 9.85. The van der Waals surface area contributed by atoms with Crippen LogP contribution in [0.4, 0.5) is 0 Å². The molecule has 0 spiro atoms. The van der Waals surface area contributed by atoms with E-state index >= 15 is 0 Å². The molecule has 0 saturated heterocycles. The minimum absolute atomic E-state index is 0.0350. The zero-order chi connectivity index (χ0) is 13.8. The Bertz CT molecular complexity index is 528. The second-order valence-electron chi connectivity index (χ2n) is 5.45. The van der Waals surface area contributed by atoms with Crippen LogP contribution in [-0.2, 0) is 6.42 Å². The van der Waals surface area contributed by atoms with Crippen LogP contribution in [-0.4, -0.2) is 9.55 Å². The Labute approximate surface area is 115 Å². The molecular weight excluding hydrogens is 234 g/mol. The highest BCUT2D eigenvalue weighted by Crippen LogP contribution is 2.22. The molecule has 0 aliphatic rings. The number of aryl methyl sites for hydroxylation is 1. The van der Waals surface area contributed by atoms with E-state index in [0.717, 1.165) is 24.2 Å². The molecule has 19 heavy (non-hydrogen) atoms. The van der Waals surface area contributed by atoms with E-state index in [1.807, 2.05) is 12.5 Å². The third-order valence-corrected chi connectivity index (χ3v) is 3.37. The summed E-state index contributed by atoms with van der Waals surface area (Å²) < 4.78 is 2.10. The maximum Gasteiger partial charge on any atom is 0.0994 e. The fourth-order valence-corrected chi connectivity index (χ4v) is 2.35. The van der Waals surface area contributed by atoms with Crippen molar-refractivity contribution in [2.24, 2.45) is 11.7 Å². The smallest absolute Gasteiger partial charge is 0.0994 e. The van der Waals surface area contributed by atoms with Gasteiger partial charge in [-0.1, -0.05) is 32.9 Å². The van der Waals surface area contributed by atoms with Gasteiger partial charge in [-0.25, -0.2) is 4.98 Å². The first kappa shape index (κ1) is 13.8. The van der Waals surface area contributed by atoms with Crippen molar-refractivity contribution in [3.63, 3.8) is 0 Å². The van der Waals surface area contributed by atoms with Crippen LogP contribution in [0.25, 0.3) is 5.69 Å². The van der Waals surface area contributed by atoms with Gasteiger partial charge >= 0.3 is 0 Å². The minimum atomic E-state index is 0.0350. The predicted octanol–water partition coefficient (Wildman–Crippen LogP) is 3.48. The Morgan fingerprint density at radius 1 is 1.32 bits per heavy atom. The first-order chi connectivity index (χ1) is 9.11. The van der Waals surface area contributed by atoms with E-state index in [-0.39, 0.29) is 6.04 Å². The number of aromatic nitrogens is 2. The standard InChI is InChI=1S/C16H23N3/c1-4-13-6-5-7-14(9-13)19-11-18-10-16(19)15(17)8-12(2)3/h5-7,9-12,15H,4,8,17H2,1-3H3. The number of rotatable bonds is 5. The van der Waals surface area contributed by atoms with Gasteiger partial charge in [0, 0.05) is 11.7 Å². The lowest BCUT2D eigenvalue weighted by Gasteiger charge is -2.17. The summed E-state index contributed by atoms with van der Waals surface area (Å²) in [4.78, 5) is 4.27. The molecule has 102 valence electrons. The van der Waals surface area contributed by atoms with Crippen LogP contribution in [0.1, 0.15) is 44.5 Å². The fraction of sp³-hybridized carbons (Fsp3) is 0.438. The monoisotopic (exact) mass is 257 g/mol. The molecule has 2 aromatic rings. The molecule has 0 saturated carbocycles. The van der Waals surface area contributed by atoms with Gasteiger partial charge < -0.3 is 10.3 Å². The first-order valence-corrected chi connectivity index (χ1v) is 6.99. The highest BCUT2D eigenvalue weighted by atomic mass is 15.1. The van der Waals surface area contributed by atoms with Gasteiger partial charge in [0.15, 0.2) is 0 Å². The van der Waals surface area contributed by atoms with Gasteiger partial charge in [-0.2, -0.15) is 0 Å². The topological polar surface area (TPSA) is 43.8 Å². The van der Waals surface area contributed by atoms with E-state index in [1.165, 1.54) is 5.56 Å². The van der Waals surface area contributed by atoms with Gasteiger partial charge in [0.1, 0.15) is 0 Å². The molecule has 0 aliphatic carbocycles. The average molecular weight is 257 g/mol. The zero-order valence-electron chi connectivity index (χ0n) is 12.0. The lowest BCUT2D eigenvalue weighted by atomic mass is 10.0. The van der Waals surface area contributed by atoms with E-state index in [9.17, 15) is 0 Å². The molecule has 1 aromatic heterocycles. The molecule has 1 aromatic carbocycles. The van der Waals surface area contributed by atoms with Crippen LogP contribution in [0.15, 0.2) is 36.8 Å². The van der Waals surface area contributed by atoms with E-state index in [4.69, 9.17) is 5.73 Å². The Morgan fingerprint density at radius 3 is 2.79 bits per heavy atom.